The second-order valence-electron chi connectivity index (χ2n) is 5.09. The van der Waals surface area contributed by atoms with Gasteiger partial charge in [-0.25, -0.2) is 9.97 Å². The maximum Gasteiger partial charge on any atom is 0.274 e. The van der Waals surface area contributed by atoms with Crippen LogP contribution in [0.15, 0.2) is 36.7 Å². The van der Waals surface area contributed by atoms with Crippen LogP contribution in [0.4, 0.5) is 11.5 Å². The molecule has 1 aliphatic rings. The van der Waals surface area contributed by atoms with E-state index >= 15 is 0 Å². The molecule has 0 spiro atoms. The summed E-state index contributed by atoms with van der Waals surface area (Å²) in [5.74, 6) is 1.04. The number of carbonyl (C=O) groups excluding carboxylic acids is 1. The van der Waals surface area contributed by atoms with Gasteiger partial charge in [0.15, 0.2) is 0 Å². The van der Waals surface area contributed by atoms with E-state index in [1.54, 1.807) is 12.1 Å². The van der Waals surface area contributed by atoms with Crippen LogP contribution in [0.5, 0.6) is 5.75 Å². The molecule has 1 fully saturated rings. The molecule has 0 saturated heterocycles. The minimum absolute atomic E-state index is 0.284. The lowest BCUT2D eigenvalue weighted by molar-refractivity contribution is 0.102. The Morgan fingerprint density at radius 2 is 2.14 bits per heavy atom. The SMILES string of the molecule is CCOc1ccccc1NC(=O)c1cc(NC2CC2)ncn1. The van der Waals surface area contributed by atoms with Gasteiger partial charge in [0.05, 0.1) is 12.3 Å². The molecule has 2 N–H and O–H groups in total. The number of hydrogen-bond acceptors (Lipinski definition) is 5. The number of amides is 1. The molecule has 0 bridgehead atoms. The molecule has 1 amide bonds. The first-order valence-electron chi connectivity index (χ1n) is 7.38. The third-order valence-electron chi connectivity index (χ3n) is 3.26. The summed E-state index contributed by atoms with van der Waals surface area (Å²) >= 11 is 0. The molecule has 3 rings (SSSR count). The van der Waals surface area contributed by atoms with Crippen LogP contribution in [0.3, 0.4) is 0 Å². The Morgan fingerprint density at radius 3 is 2.91 bits per heavy atom. The fourth-order valence-electron chi connectivity index (χ4n) is 2.03. The lowest BCUT2D eigenvalue weighted by Gasteiger charge is -2.11. The molecule has 2 aromatic rings. The van der Waals surface area contributed by atoms with Crippen LogP contribution in [-0.4, -0.2) is 28.5 Å². The van der Waals surface area contributed by atoms with Crippen LogP contribution in [-0.2, 0) is 0 Å². The number of aromatic nitrogens is 2. The van der Waals surface area contributed by atoms with Crippen LogP contribution in [0, 0.1) is 0 Å². The predicted octanol–water partition coefficient (Wildman–Crippen LogP) is 2.70. The highest BCUT2D eigenvalue weighted by atomic mass is 16.5. The van der Waals surface area contributed by atoms with Crippen molar-refractivity contribution >= 4 is 17.4 Å². The summed E-state index contributed by atoms with van der Waals surface area (Å²) in [7, 11) is 0. The van der Waals surface area contributed by atoms with Gasteiger partial charge in [-0.15, -0.1) is 0 Å². The lowest BCUT2D eigenvalue weighted by Crippen LogP contribution is -2.15. The third kappa shape index (κ3) is 3.52. The highest BCUT2D eigenvalue weighted by Gasteiger charge is 2.22. The van der Waals surface area contributed by atoms with Crippen molar-refractivity contribution in [1.29, 1.82) is 0 Å². The number of hydrogen-bond donors (Lipinski definition) is 2. The van der Waals surface area contributed by atoms with E-state index in [9.17, 15) is 4.79 Å². The van der Waals surface area contributed by atoms with Crippen molar-refractivity contribution < 1.29 is 9.53 Å². The summed E-state index contributed by atoms with van der Waals surface area (Å²) in [6.07, 6.45) is 3.69. The van der Waals surface area contributed by atoms with Gasteiger partial charge in [0.2, 0.25) is 0 Å². The molecule has 0 unspecified atom stereocenters. The fourth-order valence-corrected chi connectivity index (χ4v) is 2.03. The minimum atomic E-state index is -0.284. The van der Waals surface area contributed by atoms with Gasteiger partial charge >= 0.3 is 0 Å². The van der Waals surface area contributed by atoms with E-state index in [4.69, 9.17) is 4.74 Å². The molecule has 0 aliphatic heterocycles. The van der Waals surface area contributed by atoms with E-state index in [-0.39, 0.29) is 5.91 Å². The Morgan fingerprint density at radius 1 is 1.32 bits per heavy atom. The first-order chi connectivity index (χ1) is 10.8. The van der Waals surface area contributed by atoms with Crippen molar-refractivity contribution in [3.05, 3.63) is 42.4 Å². The lowest BCUT2D eigenvalue weighted by atomic mass is 10.2. The molecule has 114 valence electrons. The Hall–Kier alpha value is -2.63. The average Bonchev–Trinajstić information content (AvgIpc) is 3.34. The van der Waals surface area contributed by atoms with Crippen molar-refractivity contribution in [2.75, 3.05) is 17.2 Å². The topological polar surface area (TPSA) is 76.1 Å². The third-order valence-corrected chi connectivity index (χ3v) is 3.26. The zero-order valence-corrected chi connectivity index (χ0v) is 12.4. The van der Waals surface area contributed by atoms with E-state index in [0.717, 1.165) is 12.8 Å². The summed E-state index contributed by atoms with van der Waals surface area (Å²) < 4.78 is 5.50. The van der Waals surface area contributed by atoms with Crippen LogP contribution in [0.2, 0.25) is 0 Å². The second-order valence-corrected chi connectivity index (χ2v) is 5.09. The normalized spacial score (nSPS) is 13.5. The number of para-hydroxylation sites is 2. The van der Waals surface area contributed by atoms with E-state index in [1.165, 1.54) is 6.33 Å². The molecule has 6 heteroatoms. The van der Waals surface area contributed by atoms with E-state index in [1.807, 2.05) is 25.1 Å². The summed E-state index contributed by atoms with van der Waals surface area (Å²) in [5, 5.41) is 6.08. The van der Waals surface area contributed by atoms with Crippen LogP contribution in [0.25, 0.3) is 0 Å². The van der Waals surface area contributed by atoms with E-state index < -0.39 is 0 Å². The number of nitrogens with one attached hydrogen (secondary N) is 2. The first kappa shape index (κ1) is 14.3. The molecule has 1 saturated carbocycles. The summed E-state index contributed by atoms with van der Waals surface area (Å²) in [6, 6.07) is 9.47. The van der Waals surface area contributed by atoms with Gasteiger partial charge in [0, 0.05) is 12.1 Å². The van der Waals surface area contributed by atoms with Crippen molar-refractivity contribution in [3.63, 3.8) is 0 Å². The van der Waals surface area contributed by atoms with Crippen LogP contribution in [0.1, 0.15) is 30.3 Å². The molecule has 1 aromatic heterocycles. The predicted molar refractivity (Wildman–Crippen MR) is 84.2 cm³/mol. The van der Waals surface area contributed by atoms with E-state index in [0.29, 0.717) is 35.6 Å². The van der Waals surface area contributed by atoms with Gasteiger partial charge in [0.25, 0.3) is 5.91 Å². The molecule has 0 atom stereocenters. The largest absolute Gasteiger partial charge is 0.492 e. The quantitative estimate of drug-likeness (QED) is 0.857. The monoisotopic (exact) mass is 298 g/mol. The summed E-state index contributed by atoms with van der Waals surface area (Å²) in [5.41, 5.74) is 0.953. The Bertz CT molecular complexity index is 671. The molecular formula is C16H18N4O2. The molecule has 0 radical (unpaired) electrons. The van der Waals surface area contributed by atoms with Gasteiger partial charge < -0.3 is 15.4 Å². The van der Waals surface area contributed by atoms with E-state index in [2.05, 4.69) is 20.6 Å². The average molecular weight is 298 g/mol. The number of benzene rings is 1. The Kier molecular flexibility index (Phi) is 4.18. The fraction of sp³-hybridized carbons (Fsp3) is 0.312. The second kappa shape index (κ2) is 6.43. The molecule has 1 heterocycles. The maximum atomic E-state index is 12.3. The van der Waals surface area contributed by atoms with Gasteiger partial charge in [-0.3, -0.25) is 4.79 Å². The Labute approximate surface area is 128 Å². The van der Waals surface area contributed by atoms with Crippen LogP contribution >= 0.6 is 0 Å². The Balaban J connectivity index is 1.73. The van der Waals surface area contributed by atoms with Gasteiger partial charge in [-0.05, 0) is 31.9 Å². The van der Waals surface area contributed by atoms with Crippen LogP contribution < -0.4 is 15.4 Å². The zero-order chi connectivity index (χ0) is 15.4. The molecule has 6 nitrogen and oxygen atoms in total. The maximum absolute atomic E-state index is 12.3. The molecular weight excluding hydrogens is 280 g/mol. The van der Waals surface area contributed by atoms with Crippen molar-refractivity contribution in [1.82, 2.24) is 9.97 Å². The first-order valence-corrected chi connectivity index (χ1v) is 7.38. The number of rotatable bonds is 6. The number of nitrogens with zero attached hydrogens (tertiary/aromatic N) is 2. The number of carbonyl (C=O) groups is 1. The highest BCUT2D eigenvalue weighted by molar-refractivity contribution is 6.04. The minimum Gasteiger partial charge on any atom is -0.492 e. The highest BCUT2D eigenvalue weighted by Crippen LogP contribution is 2.25. The van der Waals surface area contributed by atoms with Gasteiger partial charge in [-0.1, -0.05) is 12.1 Å². The van der Waals surface area contributed by atoms with Gasteiger partial charge in [0.1, 0.15) is 23.6 Å². The number of anilines is 2. The van der Waals surface area contributed by atoms with Crippen molar-refractivity contribution in [2.45, 2.75) is 25.8 Å². The van der Waals surface area contributed by atoms with Crippen molar-refractivity contribution in [2.24, 2.45) is 0 Å². The van der Waals surface area contributed by atoms with Gasteiger partial charge in [-0.2, -0.15) is 0 Å². The summed E-state index contributed by atoms with van der Waals surface area (Å²) in [6.45, 7) is 2.44. The number of ether oxygens (including phenoxy) is 1. The molecule has 1 aromatic carbocycles. The standard InChI is InChI=1S/C16H18N4O2/c1-2-22-14-6-4-3-5-12(14)20-16(21)13-9-15(18-10-17-13)19-11-7-8-11/h3-6,9-11H,2,7-8H2,1H3,(H,20,21)(H,17,18,19). The molecule has 1 aliphatic carbocycles. The summed E-state index contributed by atoms with van der Waals surface area (Å²) in [4.78, 5) is 20.5. The van der Waals surface area contributed by atoms with Crippen molar-refractivity contribution in [3.8, 4) is 5.75 Å². The molecule has 22 heavy (non-hydrogen) atoms. The smallest absolute Gasteiger partial charge is 0.274 e. The zero-order valence-electron chi connectivity index (χ0n) is 12.4.